The van der Waals surface area contributed by atoms with Gasteiger partial charge in [-0.3, -0.25) is 4.21 Å². The first-order valence-corrected chi connectivity index (χ1v) is 7.88. The molecular formula is C13H15BrN2OS. The molecule has 0 amide bonds. The van der Waals surface area contributed by atoms with Crippen molar-refractivity contribution in [2.24, 2.45) is 0 Å². The van der Waals surface area contributed by atoms with Crippen LogP contribution in [0.3, 0.4) is 0 Å². The molecule has 1 aromatic carbocycles. The number of benzene rings is 1. The zero-order valence-corrected chi connectivity index (χ0v) is 12.8. The Morgan fingerprint density at radius 1 is 1.50 bits per heavy atom. The summed E-state index contributed by atoms with van der Waals surface area (Å²) in [5.74, 6) is 0.661. The average molecular weight is 327 g/mol. The van der Waals surface area contributed by atoms with Crippen LogP contribution in [0.2, 0.25) is 0 Å². The minimum absolute atomic E-state index is 0.224. The van der Waals surface area contributed by atoms with E-state index in [-0.39, 0.29) is 4.75 Å². The fourth-order valence-corrected chi connectivity index (χ4v) is 3.76. The summed E-state index contributed by atoms with van der Waals surface area (Å²) in [5.41, 5.74) is 1.60. The van der Waals surface area contributed by atoms with E-state index in [1.807, 2.05) is 32.0 Å². The number of nitriles is 1. The summed E-state index contributed by atoms with van der Waals surface area (Å²) >= 11 is 3.37. The van der Waals surface area contributed by atoms with Crippen molar-refractivity contribution in [2.45, 2.75) is 18.6 Å². The Morgan fingerprint density at radius 3 is 2.83 bits per heavy atom. The van der Waals surface area contributed by atoms with E-state index < -0.39 is 10.8 Å². The quantitative estimate of drug-likeness (QED) is 0.796. The lowest BCUT2D eigenvalue weighted by atomic mass is 10.1. The monoisotopic (exact) mass is 326 g/mol. The summed E-state index contributed by atoms with van der Waals surface area (Å²) < 4.78 is 12.6. The SMILES string of the molecule is CC1(C)CN(c2ccc(Br)cc2C#N)CCS1=O. The Hall–Kier alpha value is -0.860. The number of hydrogen-bond acceptors (Lipinski definition) is 3. The van der Waals surface area contributed by atoms with Gasteiger partial charge in [-0.2, -0.15) is 5.26 Å². The highest BCUT2D eigenvalue weighted by molar-refractivity contribution is 9.10. The molecule has 1 aliphatic heterocycles. The third-order valence-electron chi connectivity index (χ3n) is 3.15. The summed E-state index contributed by atoms with van der Waals surface area (Å²) in [5, 5.41) is 9.20. The zero-order chi connectivity index (χ0) is 13.3. The van der Waals surface area contributed by atoms with Gasteiger partial charge in [0.05, 0.1) is 16.0 Å². The fourth-order valence-electron chi connectivity index (χ4n) is 2.16. The van der Waals surface area contributed by atoms with Crippen molar-refractivity contribution < 1.29 is 4.21 Å². The van der Waals surface area contributed by atoms with E-state index in [4.69, 9.17) is 0 Å². The second-order valence-electron chi connectivity index (χ2n) is 5.00. The lowest BCUT2D eigenvalue weighted by Gasteiger charge is -2.39. The van der Waals surface area contributed by atoms with Crippen LogP contribution in [0, 0.1) is 11.3 Å². The minimum Gasteiger partial charge on any atom is -0.368 e. The third kappa shape index (κ3) is 2.60. The molecule has 0 aliphatic carbocycles. The average Bonchev–Trinajstić information content (AvgIpc) is 2.32. The Labute approximate surface area is 118 Å². The Morgan fingerprint density at radius 2 is 2.22 bits per heavy atom. The van der Waals surface area contributed by atoms with Gasteiger partial charge < -0.3 is 4.90 Å². The lowest BCUT2D eigenvalue weighted by molar-refractivity contribution is 0.589. The molecule has 96 valence electrons. The highest BCUT2D eigenvalue weighted by atomic mass is 79.9. The molecule has 1 atom stereocenters. The predicted molar refractivity (Wildman–Crippen MR) is 78.2 cm³/mol. The second-order valence-corrected chi connectivity index (χ2v) is 8.12. The molecule has 0 spiro atoms. The maximum Gasteiger partial charge on any atom is 0.101 e. The minimum atomic E-state index is -0.792. The summed E-state index contributed by atoms with van der Waals surface area (Å²) in [4.78, 5) is 2.16. The van der Waals surface area contributed by atoms with Crippen molar-refractivity contribution in [3.05, 3.63) is 28.2 Å². The molecule has 1 aromatic rings. The number of anilines is 1. The van der Waals surface area contributed by atoms with Crippen molar-refractivity contribution in [2.75, 3.05) is 23.7 Å². The van der Waals surface area contributed by atoms with Crippen LogP contribution in [0.4, 0.5) is 5.69 Å². The van der Waals surface area contributed by atoms with Gasteiger partial charge in [0.25, 0.3) is 0 Å². The predicted octanol–water partition coefficient (Wildman–Crippen LogP) is 2.67. The molecule has 1 fully saturated rings. The van der Waals surface area contributed by atoms with Gasteiger partial charge in [0.1, 0.15) is 6.07 Å². The second kappa shape index (κ2) is 5.02. The van der Waals surface area contributed by atoms with E-state index in [1.54, 1.807) is 0 Å². The zero-order valence-electron chi connectivity index (χ0n) is 10.4. The van der Waals surface area contributed by atoms with Crippen molar-refractivity contribution in [3.8, 4) is 6.07 Å². The molecule has 1 saturated heterocycles. The van der Waals surface area contributed by atoms with E-state index in [2.05, 4.69) is 26.9 Å². The molecule has 0 aromatic heterocycles. The summed E-state index contributed by atoms with van der Waals surface area (Å²) in [6.45, 7) is 5.49. The van der Waals surface area contributed by atoms with Crippen LogP contribution in [-0.2, 0) is 10.8 Å². The fraction of sp³-hybridized carbons (Fsp3) is 0.462. The van der Waals surface area contributed by atoms with E-state index in [0.717, 1.165) is 23.2 Å². The molecule has 3 nitrogen and oxygen atoms in total. The number of hydrogen-bond donors (Lipinski definition) is 0. The van der Waals surface area contributed by atoms with Crippen LogP contribution in [0.25, 0.3) is 0 Å². The molecule has 0 saturated carbocycles. The molecule has 2 rings (SSSR count). The van der Waals surface area contributed by atoms with Crippen LogP contribution in [0.15, 0.2) is 22.7 Å². The molecule has 0 N–H and O–H groups in total. The maximum atomic E-state index is 11.9. The number of halogens is 1. The normalized spacial score (nSPS) is 22.6. The first-order valence-electron chi connectivity index (χ1n) is 5.77. The molecule has 18 heavy (non-hydrogen) atoms. The van der Waals surface area contributed by atoms with Gasteiger partial charge in [-0.1, -0.05) is 15.9 Å². The van der Waals surface area contributed by atoms with Crippen LogP contribution < -0.4 is 4.90 Å². The van der Waals surface area contributed by atoms with Gasteiger partial charge in [-0.05, 0) is 32.0 Å². The molecule has 1 aliphatic rings. The highest BCUT2D eigenvalue weighted by Gasteiger charge is 2.33. The summed E-state index contributed by atoms with van der Waals surface area (Å²) in [7, 11) is -0.792. The molecular weight excluding hydrogens is 312 g/mol. The Kier molecular flexibility index (Phi) is 3.79. The van der Waals surface area contributed by atoms with Gasteiger partial charge in [0.15, 0.2) is 0 Å². The van der Waals surface area contributed by atoms with E-state index in [9.17, 15) is 9.47 Å². The van der Waals surface area contributed by atoms with Gasteiger partial charge in [-0.25, -0.2) is 0 Å². The van der Waals surface area contributed by atoms with Crippen molar-refractivity contribution in [1.29, 1.82) is 5.26 Å². The van der Waals surface area contributed by atoms with Gasteiger partial charge in [0.2, 0.25) is 0 Å². The molecule has 0 bridgehead atoms. The lowest BCUT2D eigenvalue weighted by Crippen LogP contribution is -2.50. The van der Waals surface area contributed by atoms with Gasteiger partial charge >= 0.3 is 0 Å². The van der Waals surface area contributed by atoms with E-state index >= 15 is 0 Å². The van der Waals surface area contributed by atoms with Gasteiger partial charge in [-0.15, -0.1) is 0 Å². The standard InChI is InChI=1S/C13H15BrN2OS/c1-13(2)9-16(5-6-18(13)17)12-4-3-11(14)7-10(12)8-15/h3-4,7H,5-6,9H2,1-2H3. The first-order chi connectivity index (χ1) is 8.44. The molecule has 0 radical (unpaired) electrons. The molecule has 1 heterocycles. The van der Waals surface area contributed by atoms with Gasteiger partial charge in [0, 0.05) is 34.1 Å². The van der Waals surface area contributed by atoms with Crippen LogP contribution in [0.5, 0.6) is 0 Å². The smallest absolute Gasteiger partial charge is 0.101 e. The van der Waals surface area contributed by atoms with Crippen molar-refractivity contribution in [3.63, 3.8) is 0 Å². The molecule has 5 heteroatoms. The summed E-state index contributed by atoms with van der Waals surface area (Å²) in [6.07, 6.45) is 0. The molecule has 1 unspecified atom stereocenters. The largest absolute Gasteiger partial charge is 0.368 e. The number of nitrogens with zero attached hydrogens (tertiary/aromatic N) is 2. The topological polar surface area (TPSA) is 44.1 Å². The third-order valence-corrected chi connectivity index (χ3v) is 5.56. The summed E-state index contributed by atoms with van der Waals surface area (Å²) in [6, 6.07) is 7.94. The van der Waals surface area contributed by atoms with E-state index in [1.165, 1.54) is 0 Å². The highest BCUT2D eigenvalue weighted by Crippen LogP contribution is 2.29. The van der Waals surface area contributed by atoms with E-state index in [0.29, 0.717) is 11.3 Å². The van der Waals surface area contributed by atoms with Crippen LogP contribution in [-0.4, -0.2) is 27.8 Å². The maximum absolute atomic E-state index is 11.9. The first kappa shape index (κ1) is 13.6. The van der Waals surface area contributed by atoms with Crippen molar-refractivity contribution in [1.82, 2.24) is 0 Å². The Bertz CT molecular complexity index is 536. The van der Waals surface area contributed by atoms with Crippen molar-refractivity contribution >= 4 is 32.4 Å². The number of rotatable bonds is 1. The van der Waals surface area contributed by atoms with Crippen LogP contribution in [0.1, 0.15) is 19.4 Å². The van der Waals surface area contributed by atoms with Crippen LogP contribution >= 0.6 is 15.9 Å². The Balaban J connectivity index is 2.34.